The van der Waals surface area contributed by atoms with Gasteiger partial charge in [0.05, 0.1) is 28.4 Å². The quantitative estimate of drug-likeness (QED) is 0.595. The molecule has 0 bridgehead atoms. The van der Waals surface area contributed by atoms with Gasteiger partial charge in [-0.15, -0.1) is 11.3 Å². The lowest BCUT2D eigenvalue weighted by Gasteiger charge is -2.19. The molecule has 0 amide bonds. The van der Waals surface area contributed by atoms with E-state index in [0.29, 0.717) is 12.2 Å². The second-order valence-corrected chi connectivity index (χ2v) is 5.87. The van der Waals surface area contributed by atoms with Crippen molar-refractivity contribution in [2.75, 3.05) is 19.1 Å². The number of nitrogens with zero attached hydrogens (tertiary/aromatic N) is 4. The minimum atomic E-state index is -0.510. The van der Waals surface area contributed by atoms with Gasteiger partial charge in [0.2, 0.25) is 0 Å². The van der Waals surface area contributed by atoms with Crippen molar-refractivity contribution in [1.82, 2.24) is 4.98 Å². The number of nitriles is 1. The standard InChI is InChI=1S/C15H16N4O3S/c1-10(22-3)15-17-12(9-23-15)8-18(2)14-5-4-13(19(20)21)6-11(14)7-16/h4-6,9-10H,8H2,1-3H3. The zero-order valence-corrected chi connectivity index (χ0v) is 13.8. The van der Waals surface area contributed by atoms with Crippen molar-refractivity contribution < 1.29 is 9.66 Å². The zero-order chi connectivity index (χ0) is 17.0. The van der Waals surface area contributed by atoms with Gasteiger partial charge in [-0.3, -0.25) is 10.1 Å². The first kappa shape index (κ1) is 16.9. The summed E-state index contributed by atoms with van der Waals surface area (Å²) < 4.78 is 5.24. The first-order chi connectivity index (χ1) is 11.0. The first-order valence-electron chi connectivity index (χ1n) is 6.83. The second-order valence-electron chi connectivity index (χ2n) is 4.98. The van der Waals surface area contributed by atoms with E-state index in [1.807, 2.05) is 30.3 Å². The number of anilines is 1. The Kier molecular flexibility index (Phi) is 5.26. The predicted molar refractivity (Wildman–Crippen MR) is 87.5 cm³/mol. The Labute approximate surface area is 137 Å². The third-order valence-electron chi connectivity index (χ3n) is 3.39. The van der Waals surface area contributed by atoms with Gasteiger partial charge >= 0.3 is 0 Å². The maximum Gasteiger partial charge on any atom is 0.270 e. The lowest BCUT2D eigenvalue weighted by atomic mass is 10.1. The highest BCUT2D eigenvalue weighted by Gasteiger charge is 2.15. The number of nitro benzene ring substituents is 1. The molecule has 8 heteroatoms. The third-order valence-corrected chi connectivity index (χ3v) is 4.45. The van der Waals surface area contributed by atoms with E-state index in [0.717, 1.165) is 10.7 Å². The molecule has 0 saturated carbocycles. The van der Waals surface area contributed by atoms with Crippen molar-refractivity contribution in [3.05, 3.63) is 50.0 Å². The van der Waals surface area contributed by atoms with Gasteiger partial charge in [0.25, 0.3) is 5.69 Å². The van der Waals surface area contributed by atoms with Gasteiger partial charge in [-0.05, 0) is 13.0 Å². The molecule has 1 heterocycles. The van der Waals surface area contributed by atoms with Gasteiger partial charge in [-0.1, -0.05) is 0 Å². The van der Waals surface area contributed by atoms with Gasteiger partial charge < -0.3 is 9.64 Å². The molecule has 1 unspecified atom stereocenters. The van der Waals surface area contributed by atoms with Crippen LogP contribution in [0.5, 0.6) is 0 Å². The van der Waals surface area contributed by atoms with Crippen LogP contribution in [0.3, 0.4) is 0 Å². The Morgan fingerprint density at radius 3 is 2.91 bits per heavy atom. The summed E-state index contributed by atoms with van der Waals surface area (Å²) >= 11 is 1.52. The van der Waals surface area contributed by atoms with E-state index in [-0.39, 0.29) is 17.4 Å². The van der Waals surface area contributed by atoms with Crippen LogP contribution in [-0.2, 0) is 11.3 Å². The van der Waals surface area contributed by atoms with Crippen molar-refractivity contribution in [3.63, 3.8) is 0 Å². The Morgan fingerprint density at radius 2 is 2.30 bits per heavy atom. The van der Waals surface area contributed by atoms with Crippen LogP contribution in [0.15, 0.2) is 23.6 Å². The Hall–Kier alpha value is -2.50. The molecule has 0 aliphatic carbocycles. The van der Waals surface area contributed by atoms with Crippen molar-refractivity contribution in [3.8, 4) is 6.07 Å². The van der Waals surface area contributed by atoms with E-state index in [9.17, 15) is 15.4 Å². The fourth-order valence-electron chi connectivity index (χ4n) is 2.07. The van der Waals surface area contributed by atoms with Gasteiger partial charge in [-0.25, -0.2) is 4.98 Å². The molecule has 0 aliphatic rings. The number of rotatable bonds is 6. The Morgan fingerprint density at radius 1 is 1.57 bits per heavy atom. The van der Waals surface area contributed by atoms with Crippen molar-refractivity contribution in [2.45, 2.75) is 19.6 Å². The largest absolute Gasteiger partial charge is 0.375 e. The van der Waals surface area contributed by atoms with E-state index >= 15 is 0 Å². The zero-order valence-electron chi connectivity index (χ0n) is 13.0. The summed E-state index contributed by atoms with van der Waals surface area (Å²) in [4.78, 5) is 16.6. The van der Waals surface area contributed by atoms with Gasteiger partial charge in [-0.2, -0.15) is 5.26 Å². The second kappa shape index (κ2) is 7.17. The predicted octanol–water partition coefficient (Wildman–Crippen LogP) is 3.27. The highest BCUT2D eigenvalue weighted by Crippen LogP contribution is 2.26. The summed E-state index contributed by atoms with van der Waals surface area (Å²) in [5, 5.41) is 22.8. The maximum absolute atomic E-state index is 10.8. The molecule has 120 valence electrons. The van der Waals surface area contributed by atoms with Crippen LogP contribution < -0.4 is 4.90 Å². The molecule has 0 spiro atoms. The van der Waals surface area contributed by atoms with E-state index in [4.69, 9.17) is 4.74 Å². The average molecular weight is 332 g/mol. The van der Waals surface area contributed by atoms with E-state index in [1.54, 1.807) is 13.2 Å². The average Bonchev–Trinajstić information content (AvgIpc) is 3.01. The van der Waals surface area contributed by atoms with Crippen LogP contribution in [0.1, 0.15) is 29.3 Å². The van der Waals surface area contributed by atoms with Crippen molar-refractivity contribution >= 4 is 22.7 Å². The summed E-state index contributed by atoms with van der Waals surface area (Å²) in [6.07, 6.45) is -0.0619. The fraction of sp³-hybridized carbons (Fsp3) is 0.333. The smallest absolute Gasteiger partial charge is 0.270 e. The monoisotopic (exact) mass is 332 g/mol. The third kappa shape index (κ3) is 3.83. The van der Waals surface area contributed by atoms with Crippen molar-refractivity contribution in [1.29, 1.82) is 5.26 Å². The topological polar surface area (TPSA) is 92.3 Å². The number of nitro groups is 1. The van der Waals surface area contributed by atoms with Crippen LogP contribution in [0.2, 0.25) is 0 Å². The van der Waals surface area contributed by atoms with Crippen LogP contribution in [0, 0.1) is 21.4 Å². The molecule has 0 saturated heterocycles. The highest BCUT2D eigenvalue weighted by molar-refractivity contribution is 7.09. The molecule has 1 atom stereocenters. The summed E-state index contributed by atoms with van der Waals surface area (Å²) in [6, 6.07) is 6.27. The SMILES string of the molecule is COC(C)c1nc(CN(C)c2ccc([N+](=O)[O-])cc2C#N)cs1. The first-order valence-corrected chi connectivity index (χ1v) is 7.71. The van der Waals surface area contributed by atoms with Crippen LogP contribution >= 0.6 is 11.3 Å². The van der Waals surface area contributed by atoms with Gasteiger partial charge in [0.15, 0.2) is 0 Å². The summed E-state index contributed by atoms with van der Waals surface area (Å²) in [6.45, 7) is 2.43. The number of ether oxygens (including phenoxy) is 1. The van der Waals surface area contributed by atoms with E-state index in [2.05, 4.69) is 4.98 Å². The highest BCUT2D eigenvalue weighted by atomic mass is 32.1. The molecule has 0 fully saturated rings. The van der Waals surface area contributed by atoms with Crippen LogP contribution in [0.4, 0.5) is 11.4 Å². The molecular weight excluding hydrogens is 316 g/mol. The van der Waals surface area contributed by atoms with Crippen LogP contribution in [-0.4, -0.2) is 24.1 Å². The molecule has 1 aromatic heterocycles. The number of methoxy groups -OCH3 is 1. The summed E-state index contributed by atoms with van der Waals surface area (Å²) in [5.74, 6) is 0. The lowest BCUT2D eigenvalue weighted by Crippen LogP contribution is -2.18. The van der Waals surface area contributed by atoms with Crippen LogP contribution in [0.25, 0.3) is 0 Å². The normalized spacial score (nSPS) is 11.7. The number of hydrogen-bond donors (Lipinski definition) is 0. The molecule has 2 aromatic rings. The summed E-state index contributed by atoms with van der Waals surface area (Å²) in [5.41, 5.74) is 1.66. The number of aromatic nitrogens is 1. The molecule has 2 rings (SSSR count). The van der Waals surface area contributed by atoms with Crippen molar-refractivity contribution in [2.24, 2.45) is 0 Å². The molecule has 23 heavy (non-hydrogen) atoms. The molecule has 0 N–H and O–H groups in total. The van der Waals surface area contributed by atoms with Gasteiger partial charge in [0.1, 0.15) is 17.2 Å². The molecule has 0 aliphatic heterocycles. The number of non-ortho nitro benzene ring substituents is 1. The Bertz CT molecular complexity index is 753. The lowest BCUT2D eigenvalue weighted by molar-refractivity contribution is -0.384. The van der Waals surface area contributed by atoms with E-state index < -0.39 is 4.92 Å². The molecule has 7 nitrogen and oxygen atoms in total. The minimum absolute atomic E-state index is 0.0619. The maximum atomic E-state index is 10.8. The minimum Gasteiger partial charge on any atom is -0.375 e. The van der Waals surface area contributed by atoms with Gasteiger partial charge in [0, 0.05) is 31.7 Å². The summed E-state index contributed by atoms with van der Waals surface area (Å²) in [7, 11) is 3.45. The van der Waals surface area contributed by atoms with E-state index in [1.165, 1.54) is 23.5 Å². The molecule has 1 aromatic carbocycles. The number of thiazole rings is 1. The fourth-order valence-corrected chi connectivity index (χ4v) is 2.91. The molecule has 0 radical (unpaired) electrons. The molecular formula is C15H16N4O3S. The Balaban J connectivity index is 2.20. The number of benzene rings is 1. The number of hydrogen-bond acceptors (Lipinski definition) is 7.